The van der Waals surface area contributed by atoms with E-state index in [0.29, 0.717) is 0 Å². The number of nitrogens with zero attached hydrogens (tertiary/aromatic N) is 3. The zero-order chi connectivity index (χ0) is 17.2. The van der Waals surface area contributed by atoms with Crippen LogP contribution in [0.15, 0.2) is 36.5 Å². The van der Waals surface area contributed by atoms with Crippen LogP contribution in [0, 0.1) is 0 Å². The molecule has 5 nitrogen and oxygen atoms in total. The molecule has 1 atom stereocenters. The standard InChI is InChI=1S/C20H22N4O/c1-20(12-25-20)11-24-9-16-15(5-6-18(21)17(16)10-24)13-3-4-14-8-22-23(2)19(14)7-13/h3-8H,9-12,21H2,1-2H3. The van der Waals surface area contributed by atoms with Gasteiger partial charge in [0.1, 0.15) is 5.60 Å². The van der Waals surface area contributed by atoms with Crippen LogP contribution >= 0.6 is 0 Å². The second-order valence-corrected chi connectivity index (χ2v) is 7.58. The van der Waals surface area contributed by atoms with Gasteiger partial charge in [-0.3, -0.25) is 9.58 Å². The quantitative estimate of drug-likeness (QED) is 0.591. The first-order chi connectivity index (χ1) is 12.0. The number of ether oxygens (including phenoxy) is 1. The number of epoxide rings is 1. The summed E-state index contributed by atoms with van der Waals surface area (Å²) in [5, 5.41) is 5.52. The maximum absolute atomic E-state index is 6.29. The molecule has 0 spiro atoms. The van der Waals surface area contributed by atoms with Crippen molar-refractivity contribution in [1.82, 2.24) is 14.7 Å². The molecule has 1 aromatic heterocycles. The van der Waals surface area contributed by atoms with E-state index in [1.165, 1.54) is 27.6 Å². The molecule has 1 saturated heterocycles. The highest BCUT2D eigenvalue weighted by molar-refractivity contribution is 5.86. The van der Waals surface area contributed by atoms with E-state index in [9.17, 15) is 0 Å². The summed E-state index contributed by atoms with van der Waals surface area (Å²) in [5.41, 5.74) is 13.5. The molecule has 2 N–H and O–H groups in total. The molecule has 2 aliphatic heterocycles. The lowest BCUT2D eigenvalue weighted by atomic mass is 9.95. The first-order valence-corrected chi connectivity index (χ1v) is 8.71. The summed E-state index contributed by atoms with van der Waals surface area (Å²) in [7, 11) is 1.98. The molecule has 3 heterocycles. The first kappa shape index (κ1) is 14.9. The van der Waals surface area contributed by atoms with E-state index in [4.69, 9.17) is 10.5 Å². The van der Waals surface area contributed by atoms with Gasteiger partial charge in [-0.25, -0.2) is 0 Å². The Labute approximate surface area is 147 Å². The predicted molar refractivity (Wildman–Crippen MR) is 99.0 cm³/mol. The average molecular weight is 334 g/mol. The number of benzene rings is 2. The Kier molecular flexibility index (Phi) is 3.03. The van der Waals surface area contributed by atoms with E-state index in [-0.39, 0.29) is 5.60 Å². The fourth-order valence-corrected chi connectivity index (χ4v) is 3.96. The van der Waals surface area contributed by atoms with E-state index in [2.05, 4.69) is 41.2 Å². The molecule has 5 rings (SSSR count). The number of aromatic nitrogens is 2. The zero-order valence-corrected chi connectivity index (χ0v) is 14.6. The molecule has 25 heavy (non-hydrogen) atoms. The van der Waals surface area contributed by atoms with Gasteiger partial charge in [-0.15, -0.1) is 0 Å². The molecule has 5 heteroatoms. The molecule has 0 bridgehead atoms. The molecule has 0 saturated carbocycles. The number of nitrogens with two attached hydrogens (primary N) is 1. The van der Waals surface area contributed by atoms with E-state index in [1.807, 2.05) is 24.0 Å². The third-order valence-electron chi connectivity index (χ3n) is 5.49. The Hall–Kier alpha value is -2.37. The van der Waals surface area contributed by atoms with Crippen molar-refractivity contribution in [2.24, 2.45) is 7.05 Å². The van der Waals surface area contributed by atoms with E-state index in [0.717, 1.165) is 37.4 Å². The molecule has 0 aliphatic carbocycles. The zero-order valence-electron chi connectivity index (χ0n) is 14.6. The summed E-state index contributed by atoms with van der Waals surface area (Å²) >= 11 is 0. The minimum absolute atomic E-state index is 0.0323. The topological polar surface area (TPSA) is 59.6 Å². The van der Waals surface area contributed by atoms with Crippen LogP contribution in [-0.4, -0.2) is 33.4 Å². The Balaban J connectivity index is 1.56. The highest BCUT2D eigenvalue weighted by Gasteiger charge is 2.42. The van der Waals surface area contributed by atoms with Crippen LogP contribution < -0.4 is 5.73 Å². The molecule has 2 aliphatic rings. The number of fused-ring (bicyclic) bond motifs is 2. The van der Waals surface area contributed by atoms with Crippen molar-refractivity contribution in [3.63, 3.8) is 0 Å². The van der Waals surface area contributed by atoms with E-state index < -0.39 is 0 Å². The lowest BCUT2D eigenvalue weighted by Crippen LogP contribution is -2.28. The van der Waals surface area contributed by atoms with Gasteiger partial charge in [0.05, 0.1) is 18.3 Å². The smallest absolute Gasteiger partial charge is 0.101 e. The monoisotopic (exact) mass is 334 g/mol. The van der Waals surface area contributed by atoms with Crippen molar-refractivity contribution in [3.8, 4) is 11.1 Å². The van der Waals surface area contributed by atoms with Gasteiger partial charge < -0.3 is 10.5 Å². The van der Waals surface area contributed by atoms with Crippen LogP contribution in [0.5, 0.6) is 0 Å². The lowest BCUT2D eigenvalue weighted by molar-refractivity contribution is 0.198. The third-order valence-corrected chi connectivity index (χ3v) is 5.49. The van der Waals surface area contributed by atoms with E-state index in [1.54, 1.807) is 0 Å². The minimum atomic E-state index is 0.0323. The molecule has 1 fully saturated rings. The molecule has 0 amide bonds. The van der Waals surface area contributed by atoms with Crippen LogP contribution in [0.4, 0.5) is 5.69 Å². The summed E-state index contributed by atoms with van der Waals surface area (Å²) in [4.78, 5) is 2.44. The maximum Gasteiger partial charge on any atom is 0.101 e. The molecule has 128 valence electrons. The van der Waals surface area contributed by atoms with Crippen LogP contribution in [0.3, 0.4) is 0 Å². The van der Waals surface area contributed by atoms with Crippen LogP contribution in [0.25, 0.3) is 22.0 Å². The SMILES string of the molecule is Cn1ncc2ccc(-c3ccc(N)c4c3CN(CC3(C)CO3)C4)cc21. The van der Waals surface area contributed by atoms with Crippen molar-refractivity contribution in [3.05, 3.63) is 47.7 Å². The number of anilines is 1. The number of aryl methyl sites for hydroxylation is 1. The summed E-state index contributed by atoms with van der Waals surface area (Å²) in [6, 6.07) is 10.8. The number of hydrogen-bond acceptors (Lipinski definition) is 4. The van der Waals surface area contributed by atoms with Crippen LogP contribution in [-0.2, 0) is 24.9 Å². The minimum Gasteiger partial charge on any atom is -0.398 e. The molecule has 2 aromatic carbocycles. The molecule has 1 unspecified atom stereocenters. The maximum atomic E-state index is 6.29. The molecular formula is C20H22N4O. The Morgan fingerprint density at radius 2 is 2.00 bits per heavy atom. The van der Waals surface area contributed by atoms with Gasteiger partial charge in [0, 0.05) is 37.8 Å². The third kappa shape index (κ3) is 2.42. The van der Waals surface area contributed by atoms with Crippen molar-refractivity contribution in [2.45, 2.75) is 25.6 Å². The van der Waals surface area contributed by atoms with E-state index >= 15 is 0 Å². The molecule has 3 aromatic rings. The second-order valence-electron chi connectivity index (χ2n) is 7.58. The summed E-state index contributed by atoms with van der Waals surface area (Å²) in [6.07, 6.45) is 1.91. The lowest BCUT2D eigenvalue weighted by Gasteiger charge is -2.17. The van der Waals surface area contributed by atoms with Crippen molar-refractivity contribution in [2.75, 3.05) is 18.9 Å². The fourth-order valence-electron chi connectivity index (χ4n) is 3.96. The average Bonchev–Trinajstić information content (AvgIpc) is 3.01. The number of nitrogen functional groups attached to an aromatic ring is 1. The first-order valence-electron chi connectivity index (χ1n) is 8.71. The summed E-state index contributed by atoms with van der Waals surface area (Å²) < 4.78 is 7.50. The van der Waals surface area contributed by atoms with Gasteiger partial charge in [-0.2, -0.15) is 5.10 Å². The molecule has 0 radical (unpaired) electrons. The van der Waals surface area contributed by atoms with Crippen molar-refractivity contribution < 1.29 is 4.74 Å². The second kappa shape index (κ2) is 5.07. The largest absolute Gasteiger partial charge is 0.398 e. The van der Waals surface area contributed by atoms with Crippen LogP contribution in [0.2, 0.25) is 0 Å². The summed E-state index contributed by atoms with van der Waals surface area (Å²) in [5.74, 6) is 0. The highest BCUT2D eigenvalue weighted by Crippen LogP contribution is 2.38. The van der Waals surface area contributed by atoms with Gasteiger partial charge >= 0.3 is 0 Å². The summed E-state index contributed by atoms with van der Waals surface area (Å²) in [6.45, 7) is 5.83. The van der Waals surface area contributed by atoms with Crippen LogP contribution in [0.1, 0.15) is 18.1 Å². The van der Waals surface area contributed by atoms with Gasteiger partial charge in [-0.05, 0) is 41.3 Å². The fraction of sp³-hybridized carbons (Fsp3) is 0.350. The van der Waals surface area contributed by atoms with Gasteiger partial charge in [0.25, 0.3) is 0 Å². The van der Waals surface area contributed by atoms with Gasteiger partial charge in [0.15, 0.2) is 0 Å². The Bertz CT molecular complexity index is 987. The Morgan fingerprint density at radius 3 is 2.80 bits per heavy atom. The molecular weight excluding hydrogens is 312 g/mol. The van der Waals surface area contributed by atoms with Gasteiger partial charge in [0.2, 0.25) is 0 Å². The van der Waals surface area contributed by atoms with Gasteiger partial charge in [-0.1, -0.05) is 18.2 Å². The normalized spacial score (nSPS) is 22.5. The number of rotatable bonds is 3. The van der Waals surface area contributed by atoms with Crippen molar-refractivity contribution in [1.29, 1.82) is 0 Å². The van der Waals surface area contributed by atoms with Crippen molar-refractivity contribution >= 4 is 16.6 Å². The highest BCUT2D eigenvalue weighted by atomic mass is 16.6. The number of hydrogen-bond donors (Lipinski definition) is 1. The predicted octanol–water partition coefficient (Wildman–Crippen LogP) is 2.93. The Morgan fingerprint density at radius 1 is 1.20 bits per heavy atom.